The first-order valence-corrected chi connectivity index (χ1v) is 9.97. The maximum Gasteiger partial charge on any atom is 0.265 e. The van der Waals surface area contributed by atoms with Crippen LogP contribution in [0.4, 0.5) is 22.7 Å². The van der Waals surface area contributed by atoms with Gasteiger partial charge in [0, 0.05) is 12.2 Å². The Kier molecular flexibility index (Phi) is 4.59. The molecule has 6 heteroatoms. The number of benzene rings is 3. The van der Waals surface area contributed by atoms with E-state index in [9.17, 15) is 9.59 Å². The highest BCUT2D eigenvalue weighted by Gasteiger charge is 2.28. The van der Waals surface area contributed by atoms with Crippen LogP contribution >= 0.6 is 0 Å². The van der Waals surface area contributed by atoms with Crippen LogP contribution in [0.1, 0.15) is 5.56 Å². The third kappa shape index (κ3) is 3.26. The lowest BCUT2D eigenvalue weighted by Crippen LogP contribution is -2.43. The van der Waals surface area contributed by atoms with Crippen molar-refractivity contribution in [3.05, 3.63) is 78.4 Å². The molecule has 0 radical (unpaired) electrons. The van der Waals surface area contributed by atoms with Crippen molar-refractivity contribution in [3.8, 4) is 5.75 Å². The average molecular weight is 399 g/mol. The molecule has 2 aliphatic heterocycles. The summed E-state index contributed by atoms with van der Waals surface area (Å²) in [5.41, 5.74) is 4.76. The van der Waals surface area contributed by atoms with Crippen molar-refractivity contribution >= 4 is 34.6 Å². The van der Waals surface area contributed by atoms with Crippen LogP contribution in [-0.4, -0.2) is 31.5 Å². The predicted molar refractivity (Wildman–Crippen MR) is 117 cm³/mol. The van der Waals surface area contributed by atoms with Crippen molar-refractivity contribution in [2.75, 3.05) is 34.8 Å². The molecule has 0 spiro atoms. The Hall–Kier alpha value is -3.80. The number of carbonyl (C=O) groups excluding carboxylic acids is 2. The molecular formula is C24H21N3O3. The van der Waals surface area contributed by atoms with E-state index in [-0.39, 0.29) is 25.0 Å². The van der Waals surface area contributed by atoms with Crippen LogP contribution in [-0.2, 0) is 16.0 Å². The Morgan fingerprint density at radius 3 is 2.47 bits per heavy atom. The van der Waals surface area contributed by atoms with Crippen molar-refractivity contribution in [3.63, 3.8) is 0 Å². The van der Waals surface area contributed by atoms with Gasteiger partial charge in [-0.05, 0) is 42.3 Å². The summed E-state index contributed by atoms with van der Waals surface area (Å²) in [4.78, 5) is 29.0. The smallest absolute Gasteiger partial charge is 0.265 e. The summed E-state index contributed by atoms with van der Waals surface area (Å²) in [5.74, 6) is 0.129. The summed E-state index contributed by atoms with van der Waals surface area (Å²) < 4.78 is 5.46. The first kappa shape index (κ1) is 18.2. The van der Waals surface area contributed by atoms with Gasteiger partial charge in [0.15, 0.2) is 6.61 Å². The highest BCUT2D eigenvalue weighted by atomic mass is 16.5. The van der Waals surface area contributed by atoms with Crippen LogP contribution in [0.3, 0.4) is 0 Å². The molecule has 0 atom stereocenters. The van der Waals surface area contributed by atoms with Gasteiger partial charge in [-0.1, -0.05) is 42.5 Å². The number of nitrogens with zero attached hydrogens (tertiary/aromatic N) is 2. The topological polar surface area (TPSA) is 61.9 Å². The minimum absolute atomic E-state index is 0.0640. The largest absolute Gasteiger partial charge is 0.482 e. The molecule has 5 rings (SSSR count). The molecule has 3 aromatic rings. The van der Waals surface area contributed by atoms with E-state index in [0.717, 1.165) is 30.0 Å². The predicted octanol–water partition coefficient (Wildman–Crippen LogP) is 3.74. The standard InChI is InChI=1S/C24H21N3O3/c28-23(15-27-21-11-5-6-12-22(21)30-16-24(27)29)25-18-8-2-4-10-20(18)26-14-13-17-7-1-3-9-19(17)26/h1-12H,13-16H2,(H,25,28). The number of ether oxygens (including phenoxy) is 1. The van der Waals surface area contributed by atoms with E-state index in [4.69, 9.17) is 4.74 Å². The molecular weight excluding hydrogens is 378 g/mol. The Labute approximate surface area is 174 Å². The molecule has 150 valence electrons. The van der Waals surface area contributed by atoms with E-state index in [1.54, 1.807) is 12.1 Å². The molecule has 0 fully saturated rings. The first-order chi connectivity index (χ1) is 14.7. The summed E-state index contributed by atoms with van der Waals surface area (Å²) in [6.07, 6.45) is 0.970. The molecule has 2 amide bonds. The van der Waals surface area contributed by atoms with Gasteiger partial charge < -0.3 is 15.0 Å². The van der Waals surface area contributed by atoms with Crippen LogP contribution in [0.25, 0.3) is 0 Å². The Morgan fingerprint density at radius 1 is 0.900 bits per heavy atom. The van der Waals surface area contributed by atoms with Gasteiger partial charge in [-0.15, -0.1) is 0 Å². The number of para-hydroxylation sites is 5. The zero-order valence-electron chi connectivity index (χ0n) is 16.4. The minimum atomic E-state index is -0.250. The highest BCUT2D eigenvalue weighted by molar-refractivity contribution is 6.06. The maximum atomic E-state index is 12.9. The monoisotopic (exact) mass is 399 g/mol. The fourth-order valence-electron chi connectivity index (χ4n) is 4.06. The van der Waals surface area contributed by atoms with Crippen molar-refractivity contribution in [2.45, 2.75) is 6.42 Å². The zero-order valence-corrected chi connectivity index (χ0v) is 16.4. The van der Waals surface area contributed by atoms with Crippen LogP contribution in [0.2, 0.25) is 0 Å². The SMILES string of the molecule is O=C(CN1C(=O)COc2ccccc21)Nc1ccccc1N1CCc2ccccc21. The van der Waals surface area contributed by atoms with Crippen LogP contribution in [0.5, 0.6) is 5.75 Å². The summed E-state index contributed by atoms with van der Waals surface area (Å²) in [5, 5.41) is 3.00. The van der Waals surface area contributed by atoms with Crippen molar-refractivity contribution < 1.29 is 14.3 Å². The second-order valence-corrected chi connectivity index (χ2v) is 7.33. The number of hydrogen-bond donors (Lipinski definition) is 1. The lowest BCUT2D eigenvalue weighted by atomic mass is 10.1. The third-order valence-corrected chi connectivity index (χ3v) is 5.47. The molecule has 0 saturated carbocycles. The Balaban J connectivity index is 1.38. The third-order valence-electron chi connectivity index (χ3n) is 5.47. The van der Waals surface area contributed by atoms with Gasteiger partial charge >= 0.3 is 0 Å². The second-order valence-electron chi connectivity index (χ2n) is 7.33. The molecule has 1 N–H and O–H groups in total. The van der Waals surface area contributed by atoms with Gasteiger partial charge in [-0.25, -0.2) is 0 Å². The Morgan fingerprint density at radius 2 is 1.60 bits per heavy atom. The Bertz CT molecular complexity index is 1130. The number of hydrogen-bond acceptors (Lipinski definition) is 4. The molecule has 30 heavy (non-hydrogen) atoms. The van der Waals surface area contributed by atoms with E-state index in [0.29, 0.717) is 11.4 Å². The molecule has 0 aromatic heterocycles. The van der Waals surface area contributed by atoms with Crippen LogP contribution < -0.4 is 19.9 Å². The average Bonchev–Trinajstić information content (AvgIpc) is 3.20. The van der Waals surface area contributed by atoms with Crippen molar-refractivity contribution in [1.82, 2.24) is 0 Å². The second kappa shape index (κ2) is 7.55. The number of rotatable bonds is 4. The van der Waals surface area contributed by atoms with Crippen molar-refractivity contribution in [2.24, 2.45) is 0 Å². The van der Waals surface area contributed by atoms with E-state index in [1.807, 2.05) is 48.5 Å². The fraction of sp³-hybridized carbons (Fsp3) is 0.167. The summed E-state index contributed by atoms with van der Waals surface area (Å²) in [6.45, 7) is 0.733. The fourth-order valence-corrected chi connectivity index (χ4v) is 4.06. The molecule has 3 aromatic carbocycles. The van der Waals surface area contributed by atoms with Gasteiger partial charge in [0.25, 0.3) is 5.91 Å². The van der Waals surface area contributed by atoms with Gasteiger partial charge in [-0.3, -0.25) is 14.5 Å². The molecule has 2 heterocycles. The molecule has 6 nitrogen and oxygen atoms in total. The maximum absolute atomic E-state index is 12.9. The summed E-state index contributed by atoms with van der Waals surface area (Å²) in [7, 11) is 0. The minimum Gasteiger partial charge on any atom is -0.482 e. The summed E-state index contributed by atoms with van der Waals surface area (Å²) >= 11 is 0. The van der Waals surface area contributed by atoms with E-state index < -0.39 is 0 Å². The number of anilines is 4. The quantitative estimate of drug-likeness (QED) is 0.726. The lowest BCUT2D eigenvalue weighted by Gasteiger charge is -2.29. The molecule has 0 bridgehead atoms. The first-order valence-electron chi connectivity index (χ1n) is 9.97. The van der Waals surface area contributed by atoms with Crippen LogP contribution in [0.15, 0.2) is 72.8 Å². The number of amides is 2. The lowest BCUT2D eigenvalue weighted by molar-refractivity contribution is -0.123. The number of nitrogens with one attached hydrogen (secondary N) is 1. The normalized spacial score (nSPS) is 14.7. The number of carbonyl (C=O) groups is 2. The van der Waals surface area contributed by atoms with E-state index >= 15 is 0 Å². The van der Waals surface area contributed by atoms with Gasteiger partial charge in [0.2, 0.25) is 5.91 Å². The van der Waals surface area contributed by atoms with Gasteiger partial charge in [0.1, 0.15) is 12.3 Å². The van der Waals surface area contributed by atoms with Crippen LogP contribution in [0, 0.1) is 0 Å². The van der Waals surface area contributed by atoms with E-state index in [1.165, 1.54) is 10.5 Å². The van der Waals surface area contributed by atoms with Gasteiger partial charge in [0.05, 0.1) is 17.1 Å². The zero-order chi connectivity index (χ0) is 20.5. The van der Waals surface area contributed by atoms with Gasteiger partial charge in [-0.2, -0.15) is 0 Å². The van der Waals surface area contributed by atoms with Crippen molar-refractivity contribution in [1.29, 1.82) is 0 Å². The number of fused-ring (bicyclic) bond motifs is 2. The molecule has 2 aliphatic rings. The molecule has 0 saturated heterocycles. The molecule has 0 aliphatic carbocycles. The highest BCUT2D eigenvalue weighted by Crippen LogP contribution is 2.38. The summed E-state index contributed by atoms with van der Waals surface area (Å²) in [6, 6.07) is 23.3. The molecule has 0 unspecified atom stereocenters. The van der Waals surface area contributed by atoms with E-state index in [2.05, 4.69) is 22.3 Å².